The van der Waals surface area contributed by atoms with E-state index in [2.05, 4.69) is 15.1 Å². The molecule has 2 rings (SSSR count). The van der Waals surface area contributed by atoms with E-state index in [1.54, 1.807) is 23.3 Å². The van der Waals surface area contributed by atoms with Gasteiger partial charge in [0.1, 0.15) is 0 Å². The van der Waals surface area contributed by atoms with Crippen molar-refractivity contribution in [2.24, 2.45) is 12.8 Å². The molecule has 0 bridgehead atoms. The fraction of sp³-hybridized carbons (Fsp3) is 0.300. The lowest BCUT2D eigenvalue weighted by molar-refractivity contribution is 0.755. The Morgan fingerprint density at radius 1 is 1.40 bits per heavy atom. The Morgan fingerprint density at radius 2 is 2.20 bits per heavy atom. The highest BCUT2D eigenvalue weighted by Gasteiger charge is 2.15. The van der Waals surface area contributed by atoms with Crippen LogP contribution >= 0.6 is 0 Å². The van der Waals surface area contributed by atoms with Crippen molar-refractivity contribution in [3.8, 4) is 0 Å². The zero-order valence-corrected chi connectivity index (χ0v) is 8.75. The quantitative estimate of drug-likeness (QED) is 0.774. The van der Waals surface area contributed by atoms with Crippen molar-refractivity contribution >= 4 is 0 Å². The van der Waals surface area contributed by atoms with Gasteiger partial charge in [-0.25, -0.2) is 0 Å². The summed E-state index contributed by atoms with van der Waals surface area (Å²) in [5, 5.41) is 4.25. The van der Waals surface area contributed by atoms with Gasteiger partial charge in [-0.1, -0.05) is 0 Å². The first kappa shape index (κ1) is 9.79. The number of aryl methyl sites for hydroxylation is 2. The Labute approximate surface area is 88.0 Å². The SMILES string of the molecule is Cc1nn(C)cc1C(N)c1cnccn1. The van der Waals surface area contributed by atoms with E-state index < -0.39 is 0 Å². The summed E-state index contributed by atoms with van der Waals surface area (Å²) in [5.74, 6) is 0. The molecule has 1 atom stereocenters. The predicted molar refractivity (Wildman–Crippen MR) is 56.0 cm³/mol. The molecule has 1 unspecified atom stereocenters. The molecule has 0 aliphatic rings. The van der Waals surface area contributed by atoms with Crippen LogP contribution in [-0.2, 0) is 7.05 Å². The summed E-state index contributed by atoms with van der Waals surface area (Å²) in [6.07, 6.45) is 6.86. The Bertz CT molecular complexity index is 448. The third-order valence-electron chi connectivity index (χ3n) is 2.29. The van der Waals surface area contributed by atoms with Crippen LogP contribution in [0.5, 0.6) is 0 Å². The molecule has 2 aromatic rings. The van der Waals surface area contributed by atoms with Crippen LogP contribution in [0, 0.1) is 6.92 Å². The van der Waals surface area contributed by atoms with Gasteiger partial charge in [-0.15, -0.1) is 0 Å². The second kappa shape index (κ2) is 3.78. The molecular weight excluding hydrogens is 190 g/mol. The summed E-state index contributed by atoms with van der Waals surface area (Å²) in [6, 6.07) is -0.257. The minimum absolute atomic E-state index is 0.257. The molecular formula is C10H13N5. The number of nitrogens with two attached hydrogens (primary N) is 1. The van der Waals surface area contributed by atoms with Crippen molar-refractivity contribution in [3.63, 3.8) is 0 Å². The van der Waals surface area contributed by atoms with Crippen molar-refractivity contribution < 1.29 is 0 Å². The van der Waals surface area contributed by atoms with Gasteiger partial charge in [0.25, 0.3) is 0 Å². The summed E-state index contributed by atoms with van der Waals surface area (Å²) in [4.78, 5) is 8.18. The van der Waals surface area contributed by atoms with Gasteiger partial charge >= 0.3 is 0 Å². The maximum absolute atomic E-state index is 6.07. The normalized spacial score (nSPS) is 12.7. The molecule has 2 heterocycles. The minimum atomic E-state index is -0.257. The fourth-order valence-electron chi connectivity index (χ4n) is 1.55. The van der Waals surface area contributed by atoms with Crippen molar-refractivity contribution in [2.75, 3.05) is 0 Å². The lowest BCUT2D eigenvalue weighted by atomic mass is 10.1. The van der Waals surface area contributed by atoms with Gasteiger partial charge in [-0.05, 0) is 6.92 Å². The highest BCUT2D eigenvalue weighted by molar-refractivity contribution is 5.26. The number of aromatic nitrogens is 4. The van der Waals surface area contributed by atoms with E-state index >= 15 is 0 Å². The van der Waals surface area contributed by atoms with Crippen LogP contribution in [0.25, 0.3) is 0 Å². The lowest BCUT2D eigenvalue weighted by Crippen LogP contribution is -2.14. The number of nitrogens with zero attached hydrogens (tertiary/aromatic N) is 4. The zero-order chi connectivity index (χ0) is 10.8. The Kier molecular flexibility index (Phi) is 2.47. The van der Waals surface area contributed by atoms with E-state index in [4.69, 9.17) is 5.73 Å². The van der Waals surface area contributed by atoms with Gasteiger partial charge in [0.05, 0.1) is 23.6 Å². The molecule has 2 N–H and O–H groups in total. The molecule has 0 spiro atoms. The van der Waals surface area contributed by atoms with Gasteiger partial charge in [-0.3, -0.25) is 14.6 Å². The first-order valence-electron chi connectivity index (χ1n) is 4.70. The van der Waals surface area contributed by atoms with Crippen LogP contribution in [0.3, 0.4) is 0 Å². The molecule has 0 saturated heterocycles. The Balaban J connectivity index is 2.36. The first-order chi connectivity index (χ1) is 7.18. The third kappa shape index (κ3) is 1.87. The molecule has 5 heteroatoms. The lowest BCUT2D eigenvalue weighted by Gasteiger charge is -2.08. The Hall–Kier alpha value is -1.75. The van der Waals surface area contributed by atoms with Gasteiger partial charge in [0.2, 0.25) is 0 Å². The maximum Gasteiger partial charge on any atom is 0.0800 e. The molecule has 0 aliphatic carbocycles. The van der Waals surface area contributed by atoms with Gasteiger partial charge in [-0.2, -0.15) is 5.10 Å². The molecule has 15 heavy (non-hydrogen) atoms. The molecule has 0 fully saturated rings. The maximum atomic E-state index is 6.07. The fourth-order valence-corrected chi connectivity index (χ4v) is 1.55. The summed E-state index contributed by atoms with van der Waals surface area (Å²) in [7, 11) is 1.87. The largest absolute Gasteiger partial charge is 0.319 e. The number of rotatable bonds is 2. The standard InChI is InChI=1S/C10H13N5/c1-7-8(6-15(2)14-7)10(11)9-5-12-3-4-13-9/h3-6,10H,11H2,1-2H3. The van der Waals surface area contributed by atoms with Crippen LogP contribution < -0.4 is 5.73 Å². The van der Waals surface area contributed by atoms with Gasteiger partial charge < -0.3 is 5.73 Å². The smallest absolute Gasteiger partial charge is 0.0800 e. The van der Waals surface area contributed by atoms with E-state index in [-0.39, 0.29) is 6.04 Å². The summed E-state index contributed by atoms with van der Waals surface area (Å²) >= 11 is 0. The number of hydrogen-bond donors (Lipinski definition) is 1. The molecule has 0 radical (unpaired) electrons. The summed E-state index contributed by atoms with van der Waals surface area (Å²) < 4.78 is 1.75. The van der Waals surface area contributed by atoms with Crippen molar-refractivity contribution in [1.82, 2.24) is 19.7 Å². The molecule has 5 nitrogen and oxygen atoms in total. The van der Waals surface area contributed by atoms with E-state index in [1.807, 2.05) is 20.2 Å². The topological polar surface area (TPSA) is 69.6 Å². The van der Waals surface area contributed by atoms with E-state index in [9.17, 15) is 0 Å². The van der Waals surface area contributed by atoms with Crippen LogP contribution in [-0.4, -0.2) is 19.7 Å². The average Bonchev–Trinajstić information content (AvgIpc) is 2.58. The second-order valence-electron chi connectivity index (χ2n) is 3.45. The van der Waals surface area contributed by atoms with Gasteiger partial charge in [0, 0.05) is 31.2 Å². The first-order valence-corrected chi connectivity index (χ1v) is 4.70. The summed E-state index contributed by atoms with van der Waals surface area (Å²) in [6.45, 7) is 1.94. The van der Waals surface area contributed by atoms with Crippen LogP contribution in [0.4, 0.5) is 0 Å². The van der Waals surface area contributed by atoms with Crippen molar-refractivity contribution in [2.45, 2.75) is 13.0 Å². The molecule has 78 valence electrons. The Morgan fingerprint density at radius 3 is 2.73 bits per heavy atom. The average molecular weight is 203 g/mol. The van der Waals surface area contributed by atoms with E-state index in [0.717, 1.165) is 17.0 Å². The monoisotopic (exact) mass is 203 g/mol. The zero-order valence-electron chi connectivity index (χ0n) is 8.75. The minimum Gasteiger partial charge on any atom is -0.319 e. The molecule has 0 saturated carbocycles. The molecule has 0 aromatic carbocycles. The third-order valence-corrected chi connectivity index (χ3v) is 2.29. The number of hydrogen-bond acceptors (Lipinski definition) is 4. The predicted octanol–water partition coefficient (Wildman–Crippen LogP) is 0.567. The van der Waals surface area contributed by atoms with Crippen LogP contribution in [0.1, 0.15) is 23.0 Å². The van der Waals surface area contributed by atoms with E-state index in [1.165, 1.54) is 0 Å². The summed E-state index contributed by atoms with van der Waals surface area (Å²) in [5.41, 5.74) is 8.74. The second-order valence-corrected chi connectivity index (χ2v) is 3.45. The molecule has 0 aliphatic heterocycles. The molecule has 2 aromatic heterocycles. The highest BCUT2D eigenvalue weighted by atomic mass is 15.3. The van der Waals surface area contributed by atoms with Gasteiger partial charge in [0.15, 0.2) is 0 Å². The van der Waals surface area contributed by atoms with Crippen LogP contribution in [0.2, 0.25) is 0 Å². The highest BCUT2D eigenvalue weighted by Crippen LogP contribution is 2.18. The molecule has 0 amide bonds. The van der Waals surface area contributed by atoms with Crippen molar-refractivity contribution in [1.29, 1.82) is 0 Å². The van der Waals surface area contributed by atoms with Crippen molar-refractivity contribution in [3.05, 3.63) is 41.7 Å². The van der Waals surface area contributed by atoms with E-state index in [0.29, 0.717) is 0 Å². The van der Waals surface area contributed by atoms with Crippen LogP contribution in [0.15, 0.2) is 24.8 Å².